The minimum atomic E-state index is -1.92. The van der Waals surface area contributed by atoms with Crippen LogP contribution in [0.4, 0.5) is 24.0 Å². The highest BCUT2D eigenvalue weighted by Crippen LogP contribution is 2.22. The lowest BCUT2D eigenvalue weighted by Gasteiger charge is -2.28. The van der Waals surface area contributed by atoms with Gasteiger partial charge in [0.15, 0.2) is 17.3 Å². The Morgan fingerprint density at radius 1 is 0.488 bits per heavy atom. The third-order valence-electron chi connectivity index (χ3n) is 17.8. The van der Waals surface area contributed by atoms with Crippen molar-refractivity contribution in [3.05, 3.63) is 35.9 Å². The van der Waals surface area contributed by atoms with Crippen LogP contribution in [0.2, 0.25) is 0 Å². The second kappa shape index (κ2) is 50.8. The Hall–Kier alpha value is -10.3. The molecular formula is C83H137N13O25. The van der Waals surface area contributed by atoms with Gasteiger partial charge < -0.3 is 108 Å². The van der Waals surface area contributed by atoms with Crippen LogP contribution in [-0.4, -0.2) is 239 Å². The average Bonchev–Trinajstić information content (AvgIpc) is 1.28. The molecule has 1 aromatic carbocycles. The lowest BCUT2D eigenvalue weighted by molar-refractivity contribution is -0.149. The highest BCUT2D eigenvalue weighted by Gasteiger charge is 2.40. The quantitative estimate of drug-likeness (QED) is 0.0331. The van der Waals surface area contributed by atoms with Crippen LogP contribution in [0.1, 0.15) is 234 Å². The summed E-state index contributed by atoms with van der Waals surface area (Å²) in [5, 5.41) is 55.9. The Labute approximate surface area is 710 Å². The van der Waals surface area contributed by atoms with Gasteiger partial charge >= 0.3 is 36.4 Å². The smallest absolute Gasteiger partial charge is 0.407 e. The van der Waals surface area contributed by atoms with Gasteiger partial charge in [-0.05, 0) is 181 Å². The minimum absolute atomic E-state index is 0.108. The lowest BCUT2D eigenvalue weighted by atomic mass is 9.90. The third kappa shape index (κ3) is 46.4. The molecule has 13 amide bonds. The molecule has 0 radical (unpaired) electrons. The first-order valence-corrected chi connectivity index (χ1v) is 41.3. The van der Waals surface area contributed by atoms with E-state index in [0.717, 1.165) is 13.8 Å². The zero-order chi connectivity index (χ0) is 92.1. The lowest BCUT2D eigenvalue weighted by Crippen LogP contribution is -2.59. The van der Waals surface area contributed by atoms with Gasteiger partial charge in [0.1, 0.15) is 58.2 Å². The molecule has 0 aliphatic carbocycles. The molecule has 38 nitrogen and oxygen atoms in total. The zero-order valence-electron chi connectivity index (χ0n) is 74.4. The highest BCUT2D eigenvalue weighted by molar-refractivity contribution is 5.99. The van der Waals surface area contributed by atoms with Crippen LogP contribution in [0.15, 0.2) is 30.3 Å². The molecule has 1 aliphatic heterocycles. The SMILES string of the molecule is CCCC(C)OC(=O)CCC(=O)N[C@@H](CCNC(=O)OC(C)(C)C)C(=O)C[C@H](C(=O)N[C@@H](CNC(=O)OC(C)(C)C)C(=O)C[C@H]1CCNC(=O)[C@H](C(C)O)NC(=O)[C@H](CCNC(=O)OC(C)(C)C)CC(=O)[C@H](CCNC(=O)OC(C)(C)C)NC(=O)[C@H](CC(C)C)NC(=O)[C@@H](Cc2ccccc2)NC(=O)[C@H](CCNC(=O)OC(C)(C)C)NC1=O)C(C)O. The fraction of sp³-hybridized carbons (Fsp3) is 0.723. The second-order valence-corrected chi connectivity index (χ2v) is 35.6. The molecule has 0 spiro atoms. The number of nitrogens with one attached hydrogen (secondary N) is 13. The number of aliphatic hydroxyl groups excluding tert-OH is 2. The van der Waals surface area contributed by atoms with Crippen molar-refractivity contribution in [2.45, 2.75) is 324 Å². The normalized spacial score (nSPS) is 20.0. The van der Waals surface area contributed by atoms with Crippen LogP contribution in [-0.2, 0) is 92.4 Å². The number of carbonyl (C=O) groups is 17. The maximum atomic E-state index is 15.5. The van der Waals surface area contributed by atoms with Crippen molar-refractivity contribution in [2.24, 2.45) is 23.7 Å². The summed E-state index contributed by atoms with van der Waals surface area (Å²) in [5.41, 5.74) is -4.60. The summed E-state index contributed by atoms with van der Waals surface area (Å²) < 4.78 is 32.4. The van der Waals surface area contributed by atoms with Gasteiger partial charge in [-0.25, -0.2) is 24.0 Å². The predicted molar refractivity (Wildman–Crippen MR) is 443 cm³/mol. The van der Waals surface area contributed by atoms with E-state index in [1.165, 1.54) is 20.8 Å². The Morgan fingerprint density at radius 3 is 1.44 bits per heavy atom. The molecule has 2 rings (SSSR count). The number of esters is 1. The van der Waals surface area contributed by atoms with Gasteiger partial charge in [0.25, 0.3) is 0 Å². The Morgan fingerprint density at radius 2 is 0.942 bits per heavy atom. The van der Waals surface area contributed by atoms with Gasteiger partial charge in [-0.3, -0.25) is 57.5 Å². The number of hydrogen-bond donors (Lipinski definition) is 15. The van der Waals surface area contributed by atoms with Crippen molar-refractivity contribution in [3.63, 3.8) is 0 Å². The largest absolute Gasteiger partial charge is 0.463 e. The molecule has 121 heavy (non-hydrogen) atoms. The van der Waals surface area contributed by atoms with Crippen LogP contribution >= 0.6 is 0 Å². The molecule has 1 fully saturated rings. The molecule has 0 saturated carbocycles. The van der Waals surface area contributed by atoms with Crippen molar-refractivity contribution in [1.29, 1.82) is 0 Å². The van der Waals surface area contributed by atoms with Crippen molar-refractivity contribution < 1.29 is 120 Å². The zero-order valence-corrected chi connectivity index (χ0v) is 74.4. The maximum Gasteiger partial charge on any atom is 0.407 e. The van der Waals surface area contributed by atoms with Crippen LogP contribution in [0.3, 0.4) is 0 Å². The van der Waals surface area contributed by atoms with Gasteiger partial charge in [-0.2, -0.15) is 0 Å². The number of alkyl carbamates (subject to hydrolysis) is 5. The molecule has 1 aromatic rings. The Bertz CT molecular complexity index is 3640. The molecule has 1 heterocycles. The van der Waals surface area contributed by atoms with E-state index in [1.807, 2.05) is 6.92 Å². The van der Waals surface area contributed by atoms with E-state index in [4.69, 9.17) is 28.4 Å². The first-order chi connectivity index (χ1) is 55.9. The van der Waals surface area contributed by atoms with E-state index in [0.29, 0.717) is 18.4 Å². The second-order valence-electron chi connectivity index (χ2n) is 35.6. The maximum absolute atomic E-state index is 15.5. The molecule has 0 aromatic heterocycles. The molecule has 3 unspecified atom stereocenters. The third-order valence-corrected chi connectivity index (χ3v) is 17.8. The fourth-order valence-corrected chi connectivity index (χ4v) is 12.0. The van der Waals surface area contributed by atoms with Crippen LogP contribution in [0, 0.1) is 23.7 Å². The van der Waals surface area contributed by atoms with E-state index >= 15 is 19.2 Å². The van der Waals surface area contributed by atoms with E-state index in [-0.39, 0.29) is 57.7 Å². The monoisotopic (exact) mass is 1720 g/mol. The highest BCUT2D eigenvalue weighted by atomic mass is 16.6. The van der Waals surface area contributed by atoms with E-state index < -0.39 is 272 Å². The summed E-state index contributed by atoms with van der Waals surface area (Å²) >= 11 is 0. The van der Waals surface area contributed by atoms with Crippen LogP contribution in [0.25, 0.3) is 0 Å². The van der Waals surface area contributed by atoms with Crippen molar-refractivity contribution in [1.82, 2.24) is 69.1 Å². The fourth-order valence-electron chi connectivity index (χ4n) is 12.0. The van der Waals surface area contributed by atoms with Crippen LogP contribution in [0.5, 0.6) is 0 Å². The number of rotatable bonds is 35. The number of amides is 13. The minimum Gasteiger partial charge on any atom is -0.463 e. The van der Waals surface area contributed by atoms with E-state index in [1.54, 1.807) is 134 Å². The van der Waals surface area contributed by atoms with E-state index in [2.05, 4.69) is 69.1 Å². The number of Topliss-reactive ketones (excluding diaryl/α,β-unsaturated/α-hetero) is 3. The predicted octanol–water partition coefficient (Wildman–Crippen LogP) is 4.37. The molecule has 13 atom stereocenters. The number of ether oxygens (including phenoxy) is 6. The van der Waals surface area contributed by atoms with Gasteiger partial charge in [0.2, 0.25) is 47.3 Å². The van der Waals surface area contributed by atoms with Crippen molar-refractivity contribution in [3.8, 4) is 0 Å². The topological polar surface area (TPSA) is 542 Å². The Kier molecular flexibility index (Phi) is 44.9. The summed E-state index contributed by atoms with van der Waals surface area (Å²) in [5.74, 6) is -17.2. The summed E-state index contributed by atoms with van der Waals surface area (Å²) in [6, 6.07) is -3.52. The van der Waals surface area contributed by atoms with Gasteiger partial charge in [0.05, 0.1) is 42.7 Å². The molecule has 0 bridgehead atoms. The van der Waals surface area contributed by atoms with Crippen LogP contribution < -0.4 is 69.1 Å². The molecule has 15 N–H and O–H groups in total. The molecular weight excluding hydrogens is 1580 g/mol. The first kappa shape index (κ1) is 107. The summed E-state index contributed by atoms with van der Waals surface area (Å²) in [6.07, 6.45) is -13.4. The van der Waals surface area contributed by atoms with E-state index in [9.17, 15) is 72.5 Å². The summed E-state index contributed by atoms with van der Waals surface area (Å²) in [6.45, 7) is 30.3. The molecule has 38 heteroatoms. The summed E-state index contributed by atoms with van der Waals surface area (Å²) in [7, 11) is 0. The number of aliphatic hydroxyl groups is 2. The standard InChI is InChI=1S/C83H137N13O25/c1-22-26-48(4)116-65(103)30-29-64(102)90-55(33-38-86-75(112)118-80(10,11)12)63(101)45-54(49(5)97)69(106)95-60(46-89-78(115)121-83(19,20)21)62(100)44-52-31-36-84-73(110)66(50(6)98)96-68(105)53(32-37-85-74(111)117-79(7,8)9)43-61(99)56(34-39-87-76(113)119-81(13,14)15)91-71(108)58(41-47(2)3)93-72(109)59(42-51-27-24-23-25-28-51)94-70(107)57(92-67(52)104)35-40-88-77(114)120-82(16,17)18/h23-25,27-28,47-50,52-60,66,97-98H,22,26,29-46H2,1-21H3,(H,84,110)(H,85,111)(H,86,112)(H,87,113)(H,88,114)(H,89,115)(H,90,102)(H,91,108)(H,92,104)(H,93,109)(H,94,107)(H,95,106)(H,96,105)/t48?,49?,50?,52-,53-,54+,55+,56+,57+,58+,59-,60+,66+/m1/s1. The van der Waals surface area contributed by atoms with Gasteiger partial charge in [0, 0.05) is 83.2 Å². The average molecular weight is 1720 g/mol. The van der Waals surface area contributed by atoms with Gasteiger partial charge in [-0.15, -0.1) is 0 Å². The summed E-state index contributed by atoms with van der Waals surface area (Å²) in [4.78, 5) is 241. The molecule has 1 aliphatic rings. The number of carbonyl (C=O) groups excluding carboxylic acids is 17. The number of hydrogen-bond acceptors (Lipinski definition) is 25. The van der Waals surface area contributed by atoms with Crippen molar-refractivity contribution >= 4 is 101 Å². The Balaban J connectivity index is 3.11. The first-order valence-electron chi connectivity index (χ1n) is 41.3. The van der Waals surface area contributed by atoms with Crippen molar-refractivity contribution in [2.75, 3.05) is 39.3 Å². The number of benzene rings is 1. The number of ketones is 3. The molecule has 1 saturated heterocycles. The van der Waals surface area contributed by atoms with Gasteiger partial charge in [-0.1, -0.05) is 57.5 Å². The molecule has 684 valence electrons.